The van der Waals surface area contributed by atoms with Gasteiger partial charge in [-0.15, -0.1) is 0 Å². The summed E-state index contributed by atoms with van der Waals surface area (Å²) in [5.41, 5.74) is 0. The summed E-state index contributed by atoms with van der Waals surface area (Å²) in [7, 11) is -3.65. The lowest BCUT2D eigenvalue weighted by molar-refractivity contribution is 0.275. The van der Waals surface area contributed by atoms with Crippen molar-refractivity contribution in [2.45, 2.75) is 50.9 Å². The fourth-order valence-corrected chi connectivity index (χ4v) is 2.71. The third-order valence-corrected chi connectivity index (χ3v) is 3.97. The Bertz CT molecular complexity index is 482. The van der Waals surface area contributed by atoms with Crippen molar-refractivity contribution in [2.24, 2.45) is 0 Å². The van der Waals surface area contributed by atoms with E-state index in [1.807, 2.05) is 13.8 Å². The van der Waals surface area contributed by atoms with Gasteiger partial charge in [0.2, 0.25) is 5.09 Å². The summed E-state index contributed by atoms with van der Waals surface area (Å²) in [6.45, 7) is 6.11. The third-order valence-electron chi connectivity index (χ3n) is 2.50. The fraction of sp³-hybridized carbons (Fsp3) is 0.667. The lowest BCUT2D eigenvalue weighted by Crippen LogP contribution is -2.33. The molecule has 3 N–H and O–H groups in total. The quantitative estimate of drug-likeness (QED) is 0.659. The molecule has 0 spiro atoms. The highest BCUT2D eigenvalue weighted by molar-refractivity contribution is 7.89. The molecule has 0 aliphatic heterocycles. The van der Waals surface area contributed by atoms with Crippen molar-refractivity contribution in [3.05, 3.63) is 17.9 Å². The second-order valence-electron chi connectivity index (χ2n) is 4.79. The van der Waals surface area contributed by atoms with Gasteiger partial charge in [0.15, 0.2) is 0 Å². The second kappa shape index (κ2) is 7.04. The van der Waals surface area contributed by atoms with Gasteiger partial charge < -0.3 is 14.8 Å². The maximum atomic E-state index is 12.0. The molecule has 1 atom stereocenters. The van der Waals surface area contributed by atoms with Crippen LogP contribution in [0.15, 0.2) is 21.6 Å². The first-order chi connectivity index (χ1) is 8.85. The molecule has 0 amide bonds. The molecule has 0 bridgehead atoms. The van der Waals surface area contributed by atoms with Gasteiger partial charge >= 0.3 is 0 Å². The van der Waals surface area contributed by atoms with Crippen molar-refractivity contribution < 1.29 is 17.9 Å². The molecule has 0 aromatic carbocycles. The smallest absolute Gasteiger partial charge is 0.274 e. The predicted molar refractivity (Wildman–Crippen MR) is 72.2 cm³/mol. The molecule has 1 heterocycles. The lowest BCUT2D eigenvalue weighted by atomic mass is 10.3. The first-order valence-electron chi connectivity index (χ1n) is 6.30. The highest BCUT2D eigenvalue weighted by Gasteiger charge is 2.21. The van der Waals surface area contributed by atoms with E-state index in [0.717, 1.165) is 0 Å². The topological polar surface area (TPSA) is 91.6 Å². The number of sulfonamides is 1. The van der Waals surface area contributed by atoms with Crippen LogP contribution in [0.2, 0.25) is 0 Å². The average molecular weight is 290 g/mol. The lowest BCUT2D eigenvalue weighted by Gasteiger charge is -2.11. The van der Waals surface area contributed by atoms with Gasteiger partial charge in [-0.2, -0.15) is 0 Å². The van der Waals surface area contributed by atoms with E-state index in [-0.39, 0.29) is 17.7 Å². The maximum absolute atomic E-state index is 12.0. The van der Waals surface area contributed by atoms with Gasteiger partial charge in [0, 0.05) is 18.7 Å². The van der Waals surface area contributed by atoms with Crippen LogP contribution in [0.3, 0.4) is 0 Å². The van der Waals surface area contributed by atoms with Crippen molar-refractivity contribution in [1.29, 1.82) is 0 Å². The van der Waals surface area contributed by atoms with Crippen molar-refractivity contribution in [3.8, 4) is 0 Å². The second-order valence-corrected chi connectivity index (χ2v) is 6.44. The molecular formula is C12H22N2O4S. The average Bonchev–Trinajstić information content (AvgIpc) is 2.75. The van der Waals surface area contributed by atoms with E-state index in [0.29, 0.717) is 24.8 Å². The van der Waals surface area contributed by atoms with E-state index in [1.54, 1.807) is 13.0 Å². The van der Waals surface area contributed by atoms with E-state index < -0.39 is 10.0 Å². The van der Waals surface area contributed by atoms with Gasteiger partial charge in [0.05, 0.1) is 6.54 Å². The van der Waals surface area contributed by atoms with Gasteiger partial charge in [-0.05, 0) is 25.5 Å². The van der Waals surface area contributed by atoms with E-state index in [4.69, 9.17) is 9.52 Å². The summed E-state index contributed by atoms with van der Waals surface area (Å²) in [5.74, 6) is 0.573. The van der Waals surface area contributed by atoms with Gasteiger partial charge in [-0.25, -0.2) is 13.1 Å². The minimum Gasteiger partial charge on any atom is -0.447 e. The van der Waals surface area contributed by atoms with E-state index in [9.17, 15) is 8.42 Å². The number of nitrogens with one attached hydrogen (secondary N) is 2. The summed E-state index contributed by atoms with van der Waals surface area (Å²) in [6.07, 6.45) is 0.363. The Morgan fingerprint density at radius 2 is 2.00 bits per heavy atom. The zero-order valence-corrected chi connectivity index (χ0v) is 12.3. The molecule has 1 aromatic heterocycles. The molecular weight excluding hydrogens is 268 g/mol. The highest BCUT2D eigenvalue weighted by atomic mass is 32.2. The van der Waals surface area contributed by atoms with Crippen LogP contribution in [-0.4, -0.2) is 32.2 Å². The highest BCUT2D eigenvalue weighted by Crippen LogP contribution is 2.14. The third kappa shape index (κ3) is 5.32. The van der Waals surface area contributed by atoms with Crippen molar-refractivity contribution in [1.82, 2.24) is 10.0 Å². The van der Waals surface area contributed by atoms with Crippen LogP contribution >= 0.6 is 0 Å². The summed E-state index contributed by atoms with van der Waals surface area (Å²) in [5, 5.41) is 11.8. The van der Waals surface area contributed by atoms with Crippen LogP contribution in [0.1, 0.15) is 33.0 Å². The summed E-state index contributed by atoms with van der Waals surface area (Å²) < 4.78 is 31.7. The number of furan rings is 1. The molecule has 110 valence electrons. The minimum absolute atomic E-state index is 0.0641. The molecule has 0 saturated carbocycles. The number of aliphatic hydroxyl groups excluding tert-OH is 1. The molecule has 1 rings (SSSR count). The molecule has 19 heavy (non-hydrogen) atoms. The van der Waals surface area contributed by atoms with Crippen molar-refractivity contribution in [2.75, 3.05) is 6.61 Å². The normalized spacial score (nSPS) is 13.9. The van der Waals surface area contributed by atoms with E-state index >= 15 is 0 Å². The molecule has 0 fully saturated rings. The van der Waals surface area contributed by atoms with Gasteiger partial charge in [-0.1, -0.05) is 13.8 Å². The first kappa shape index (κ1) is 16.2. The summed E-state index contributed by atoms with van der Waals surface area (Å²) in [6, 6.07) is 3.04. The molecule has 0 saturated heterocycles. The number of rotatable bonds is 8. The monoisotopic (exact) mass is 290 g/mol. The molecule has 6 nitrogen and oxygen atoms in total. The Kier molecular flexibility index (Phi) is 5.99. The number of hydrogen-bond donors (Lipinski definition) is 3. The molecule has 0 aliphatic rings. The van der Waals surface area contributed by atoms with Gasteiger partial charge in [-0.3, -0.25) is 0 Å². The molecule has 0 aliphatic carbocycles. The van der Waals surface area contributed by atoms with E-state index in [2.05, 4.69) is 10.0 Å². The molecule has 7 heteroatoms. The predicted octanol–water partition coefficient (Wildman–Crippen LogP) is 0.827. The summed E-state index contributed by atoms with van der Waals surface area (Å²) >= 11 is 0. The standard InChI is InChI=1S/C12H22N2O4S/c1-9(2)13-8-11-4-5-12(18-11)19(16,17)14-10(3)6-7-15/h4-5,9-10,13-15H,6-8H2,1-3H3. The van der Waals surface area contributed by atoms with Crippen molar-refractivity contribution in [3.63, 3.8) is 0 Å². The molecule has 1 unspecified atom stereocenters. The fourth-order valence-electron chi connectivity index (χ4n) is 1.48. The Balaban J connectivity index is 2.68. The Morgan fingerprint density at radius 3 is 2.58 bits per heavy atom. The Morgan fingerprint density at radius 1 is 1.32 bits per heavy atom. The zero-order chi connectivity index (χ0) is 14.5. The zero-order valence-electron chi connectivity index (χ0n) is 11.5. The van der Waals surface area contributed by atoms with Crippen LogP contribution in [0.25, 0.3) is 0 Å². The van der Waals surface area contributed by atoms with Gasteiger partial charge in [0.1, 0.15) is 5.76 Å². The SMILES string of the molecule is CC(C)NCc1ccc(S(=O)(=O)NC(C)CCO)o1. The van der Waals surface area contributed by atoms with E-state index in [1.165, 1.54) is 6.07 Å². The number of hydrogen-bond acceptors (Lipinski definition) is 5. The van der Waals surface area contributed by atoms with Gasteiger partial charge in [0.25, 0.3) is 10.0 Å². The van der Waals surface area contributed by atoms with Crippen LogP contribution < -0.4 is 10.0 Å². The van der Waals surface area contributed by atoms with Crippen LogP contribution in [-0.2, 0) is 16.6 Å². The Hall–Kier alpha value is -0.890. The largest absolute Gasteiger partial charge is 0.447 e. The molecule has 1 aromatic rings. The number of aliphatic hydroxyl groups is 1. The summed E-state index contributed by atoms with van der Waals surface area (Å²) in [4.78, 5) is 0. The first-order valence-corrected chi connectivity index (χ1v) is 7.78. The minimum atomic E-state index is -3.65. The van der Waals surface area contributed by atoms with Crippen LogP contribution in [0, 0.1) is 0 Å². The van der Waals surface area contributed by atoms with Crippen LogP contribution in [0.4, 0.5) is 0 Å². The maximum Gasteiger partial charge on any atom is 0.274 e. The van der Waals surface area contributed by atoms with Crippen molar-refractivity contribution >= 4 is 10.0 Å². The van der Waals surface area contributed by atoms with Crippen LogP contribution in [0.5, 0.6) is 0 Å². The Labute approximate surface area is 114 Å². The molecule has 0 radical (unpaired) electrons.